The molecular formula is C11H14O3. The highest BCUT2D eigenvalue weighted by atomic mass is 16.5. The number of carbonyl (C=O) groups is 1. The zero-order chi connectivity index (χ0) is 10.2. The van der Waals surface area contributed by atoms with E-state index in [1.165, 1.54) is 7.11 Å². The molecule has 14 heavy (non-hydrogen) atoms. The van der Waals surface area contributed by atoms with Crippen molar-refractivity contribution >= 4 is 6.29 Å². The summed E-state index contributed by atoms with van der Waals surface area (Å²) in [5.41, 5.74) is 1.09. The van der Waals surface area contributed by atoms with Gasteiger partial charge in [0.15, 0.2) is 6.29 Å². The van der Waals surface area contributed by atoms with E-state index in [-0.39, 0.29) is 0 Å². The molecule has 0 N–H and O–H groups in total. The Kier molecular flexibility index (Phi) is 4.89. The molecule has 1 unspecified atom stereocenters. The van der Waals surface area contributed by atoms with Gasteiger partial charge in [-0.1, -0.05) is 30.3 Å². The first-order chi connectivity index (χ1) is 6.86. The summed E-state index contributed by atoms with van der Waals surface area (Å²) >= 11 is 0. The van der Waals surface area contributed by atoms with Crippen LogP contribution in [0.1, 0.15) is 5.56 Å². The van der Waals surface area contributed by atoms with Crippen LogP contribution in [0, 0.1) is 0 Å². The van der Waals surface area contributed by atoms with Gasteiger partial charge >= 0.3 is 0 Å². The second kappa shape index (κ2) is 6.29. The van der Waals surface area contributed by atoms with Crippen molar-refractivity contribution in [3.8, 4) is 0 Å². The van der Waals surface area contributed by atoms with Gasteiger partial charge in [-0.3, -0.25) is 0 Å². The van der Waals surface area contributed by atoms with Crippen LogP contribution in [0.5, 0.6) is 0 Å². The second-order valence-corrected chi connectivity index (χ2v) is 2.91. The second-order valence-electron chi connectivity index (χ2n) is 2.91. The fourth-order valence-corrected chi connectivity index (χ4v) is 1.03. The van der Waals surface area contributed by atoms with Crippen molar-refractivity contribution in [2.75, 3.05) is 13.7 Å². The Morgan fingerprint density at radius 1 is 1.36 bits per heavy atom. The first kappa shape index (κ1) is 10.9. The maximum Gasteiger partial charge on any atom is 0.151 e. The Hall–Kier alpha value is -1.19. The zero-order valence-corrected chi connectivity index (χ0v) is 8.18. The maximum atomic E-state index is 10.4. The molecule has 0 aliphatic heterocycles. The number of carbonyl (C=O) groups excluding carboxylic acids is 1. The van der Waals surface area contributed by atoms with E-state index in [9.17, 15) is 4.79 Å². The number of hydrogen-bond acceptors (Lipinski definition) is 3. The SMILES string of the molecule is COC(C=O)COCc1ccccc1. The van der Waals surface area contributed by atoms with Crippen molar-refractivity contribution in [2.45, 2.75) is 12.7 Å². The van der Waals surface area contributed by atoms with Crippen molar-refractivity contribution in [3.05, 3.63) is 35.9 Å². The molecule has 0 aliphatic rings. The molecule has 0 aliphatic carbocycles. The largest absolute Gasteiger partial charge is 0.374 e. The third-order valence-electron chi connectivity index (χ3n) is 1.85. The lowest BCUT2D eigenvalue weighted by molar-refractivity contribution is -0.120. The topological polar surface area (TPSA) is 35.5 Å². The molecule has 76 valence electrons. The Labute approximate surface area is 83.6 Å². The molecule has 3 heteroatoms. The van der Waals surface area contributed by atoms with Crippen molar-refractivity contribution < 1.29 is 14.3 Å². The van der Waals surface area contributed by atoms with E-state index < -0.39 is 6.10 Å². The lowest BCUT2D eigenvalue weighted by Crippen LogP contribution is -2.19. The standard InChI is InChI=1S/C11H14O3/c1-13-11(7-12)9-14-8-10-5-3-2-4-6-10/h2-7,11H,8-9H2,1H3. The molecule has 0 saturated heterocycles. The van der Waals surface area contributed by atoms with Crippen molar-refractivity contribution in [2.24, 2.45) is 0 Å². The predicted octanol–water partition coefficient (Wildman–Crippen LogP) is 1.42. The monoisotopic (exact) mass is 194 g/mol. The summed E-state index contributed by atoms with van der Waals surface area (Å²) < 4.78 is 10.2. The maximum absolute atomic E-state index is 10.4. The van der Waals surface area contributed by atoms with E-state index in [2.05, 4.69) is 0 Å². The average molecular weight is 194 g/mol. The molecule has 1 rings (SSSR count). The van der Waals surface area contributed by atoms with Crippen molar-refractivity contribution in [3.63, 3.8) is 0 Å². The molecule has 0 aromatic heterocycles. The van der Waals surface area contributed by atoms with Crippen LogP contribution in [0.3, 0.4) is 0 Å². The van der Waals surface area contributed by atoms with Crippen LogP contribution in [0.15, 0.2) is 30.3 Å². The minimum absolute atomic E-state index is 0.300. The van der Waals surface area contributed by atoms with Crippen LogP contribution in [-0.2, 0) is 20.9 Å². The summed E-state index contributed by atoms with van der Waals surface area (Å²) in [6.45, 7) is 0.809. The smallest absolute Gasteiger partial charge is 0.151 e. The van der Waals surface area contributed by atoms with Gasteiger partial charge in [0, 0.05) is 7.11 Å². The lowest BCUT2D eigenvalue weighted by Gasteiger charge is -2.08. The molecule has 3 nitrogen and oxygen atoms in total. The third kappa shape index (κ3) is 3.68. The summed E-state index contributed by atoms with van der Waals surface area (Å²) in [5.74, 6) is 0. The molecule has 0 bridgehead atoms. The van der Waals surface area contributed by atoms with Gasteiger partial charge in [0.2, 0.25) is 0 Å². The highest BCUT2D eigenvalue weighted by Crippen LogP contribution is 2.01. The zero-order valence-electron chi connectivity index (χ0n) is 8.18. The molecule has 0 amide bonds. The molecular weight excluding hydrogens is 180 g/mol. The van der Waals surface area contributed by atoms with Gasteiger partial charge in [-0.25, -0.2) is 0 Å². The summed E-state index contributed by atoms with van der Waals surface area (Å²) in [5, 5.41) is 0. The van der Waals surface area contributed by atoms with Crippen LogP contribution in [-0.4, -0.2) is 26.1 Å². The first-order valence-electron chi connectivity index (χ1n) is 4.46. The number of aldehydes is 1. The number of hydrogen-bond donors (Lipinski definition) is 0. The Morgan fingerprint density at radius 3 is 2.64 bits per heavy atom. The van der Waals surface area contributed by atoms with E-state index in [4.69, 9.17) is 9.47 Å². The lowest BCUT2D eigenvalue weighted by atomic mass is 10.2. The van der Waals surface area contributed by atoms with Gasteiger partial charge in [-0.15, -0.1) is 0 Å². The molecule has 0 heterocycles. The number of rotatable bonds is 6. The van der Waals surface area contributed by atoms with Crippen molar-refractivity contribution in [1.82, 2.24) is 0 Å². The Bertz CT molecular complexity index is 258. The van der Waals surface area contributed by atoms with Crippen LogP contribution in [0.2, 0.25) is 0 Å². The minimum atomic E-state index is -0.460. The Balaban J connectivity index is 2.25. The normalized spacial score (nSPS) is 12.4. The number of ether oxygens (including phenoxy) is 2. The molecule has 0 radical (unpaired) electrons. The summed E-state index contributed by atoms with van der Waals surface area (Å²) in [4.78, 5) is 10.4. The average Bonchev–Trinajstić information content (AvgIpc) is 2.26. The molecule has 1 aromatic rings. The van der Waals surface area contributed by atoms with E-state index >= 15 is 0 Å². The highest BCUT2D eigenvalue weighted by Gasteiger charge is 2.04. The van der Waals surface area contributed by atoms with Crippen LogP contribution >= 0.6 is 0 Å². The van der Waals surface area contributed by atoms with Gasteiger partial charge in [0.25, 0.3) is 0 Å². The Morgan fingerprint density at radius 2 is 2.07 bits per heavy atom. The van der Waals surface area contributed by atoms with E-state index in [0.29, 0.717) is 13.2 Å². The van der Waals surface area contributed by atoms with Gasteiger partial charge in [-0.2, -0.15) is 0 Å². The quantitative estimate of drug-likeness (QED) is 0.642. The van der Waals surface area contributed by atoms with Gasteiger partial charge in [0.05, 0.1) is 13.2 Å². The van der Waals surface area contributed by atoms with Crippen molar-refractivity contribution in [1.29, 1.82) is 0 Å². The van der Waals surface area contributed by atoms with Crippen LogP contribution in [0.4, 0.5) is 0 Å². The summed E-state index contributed by atoms with van der Waals surface area (Å²) in [6, 6.07) is 9.80. The number of benzene rings is 1. The molecule has 0 fully saturated rings. The van der Waals surface area contributed by atoms with Crippen LogP contribution in [0.25, 0.3) is 0 Å². The first-order valence-corrected chi connectivity index (χ1v) is 4.46. The molecule has 0 spiro atoms. The fraction of sp³-hybridized carbons (Fsp3) is 0.364. The van der Waals surface area contributed by atoms with E-state index in [0.717, 1.165) is 11.8 Å². The van der Waals surface area contributed by atoms with Crippen LogP contribution < -0.4 is 0 Å². The fourth-order valence-electron chi connectivity index (χ4n) is 1.03. The third-order valence-corrected chi connectivity index (χ3v) is 1.85. The molecule has 1 atom stereocenters. The molecule has 0 saturated carbocycles. The number of methoxy groups -OCH3 is 1. The highest BCUT2D eigenvalue weighted by molar-refractivity contribution is 5.56. The van der Waals surface area contributed by atoms with Gasteiger partial charge in [0.1, 0.15) is 6.10 Å². The van der Waals surface area contributed by atoms with E-state index in [1.807, 2.05) is 30.3 Å². The summed E-state index contributed by atoms with van der Waals surface area (Å²) in [7, 11) is 1.49. The predicted molar refractivity (Wildman–Crippen MR) is 53.0 cm³/mol. The van der Waals surface area contributed by atoms with Gasteiger partial charge in [-0.05, 0) is 5.56 Å². The molecule has 1 aromatic carbocycles. The minimum Gasteiger partial charge on any atom is -0.374 e. The van der Waals surface area contributed by atoms with Gasteiger partial charge < -0.3 is 14.3 Å². The summed E-state index contributed by atoms with van der Waals surface area (Å²) in [6.07, 6.45) is 0.282. The van der Waals surface area contributed by atoms with E-state index in [1.54, 1.807) is 0 Å².